The first-order valence-corrected chi connectivity index (χ1v) is 5.68. The zero-order chi connectivity index (χ0) is 13.7. The summed E-state index contributed by atoms with van der Waals surface area (Å²) in [6.07, 6.45) is 0.992. The maximum absolute atomic E-state index is 13.4. The van der Waals surface area contributed by atoms with Crippen LogP contribution in [0.25, 0.3) is 0 Å². The molecule has 0 saturated carbocycles. The van der Waals surface area contributed by atoms with Crippen molar-refractivity contribution in [1.29, 1.82) is 0 Å². The van der Waals surface area contributed by atoms with Gasteiger partial charge in [0.1, 0.15) is 5.82 Å². The lowest BCUT2D eigenvalue weighted by Gasteiger charge is -2.11. The average Bonchev–Trinajstić information content (AvgIpc) is 2.23. The van der Waals surface area contributed by atoms with Crippen molar-refractivity contribution >= 4 is 17.6 Å². The first-order chi connectivity index (χ1) is 8.40. The van der Waals surface area contributed by atoms with Crippen LogP contribution in [-0.4, -0.2) is 17.0 Å². The summed E-state index contributed by atoms with van der Waals surface area (Å²) < 4.78 is 13.4. The lowest BCUT2D eigenvalue weighted by atomic mass is 10.0. The second-order valence-electron chi connectivity index (χ2n) is 4.19. The highest BCUT2D eigenvalue weighted by molar-refractivity contribution is 5.89. The van der Waals surface area contributed by atoms with Gasteiger partial charge in [0.05, 0.1) is 0 Å². The topological polar surface area (TPSA) is 66.4 Å². The van der Waals surface area contributed by atoms with E-state index in [1.165, 1.54) is 13.0 Å². The number of benzene rings is 1. The summed E-state index contributed by atoms with van der Waals surface area (Å²) in [6.45, 7) is 2.98. The fraction of sp³-hybridized carbons (Fsp3) is 0.385. The molecule has 98 valence electrons. The van der Waals surface area contributed by atoms with Crippen LogP contribution in [0.3, 0.4) is 0 Å². The Morgan fingerprint density at radius 2 is 2.06 bits per heavy atom. The zero-order valence-corrected chi connectivity index (χ0v) is 10.4. The Balaban J connectivity index is 2.89. The molecule has 4 nitrogen and oxygen atoms in total. The molecule has 0 bridgehead atoms. The third-order valence-electron chi connectivity index (χ3n) is 2.53. The van der Waals surface area contributed by atoms with Crippen LogP contribution < -0.4 is 5.32 Å². The SMILES string of the molecule is CC(=O)Nc1cc(F)c(C)cc1CCCC(=O)O. The number of aliphatic carboxylic acids is 1. The Morgan fingerprint density at radius 3 is 2.61 bits per heavy atom. The molecule has 0 aliphatic carbocycles. The number of carboxylic acids is 1. The predicted octanol–water partition coefficient (Wildman–Crippen LogP) is 2.50. The van der Waals surface area contributed by atoms with E-state index in [0.717, 1.165) is 5.56 Å². The van der Waals surface area contributed by atoms with Gasteiger partial charge in [-0.1, -0.05) is 6.07 Å². The fourth-order valence-corrected chi connectivity index (χ4v) is 1.68. The Bertz CT molecular complexity index is 472. The molecule has 5 heteroatoms. The summed E-state index contributed by atoms with van der Waals surface area (Å²) in [5, 5.41) is 11.1. The van der Waals surface area contributed by atoms with Gasteiger partial charge in [0.25, 0.3) is 0 Å². The van der Waals surface area contributed by atoms with Gasteiger partial charge in [0, 0.05) is 19.0 Å². The highest BCUT2D eigenvalue weighted by Gasteiger charge is 2.09. The molecule has 0 heterocycles. The molecule has 0 saturated heterocycles. The van der Waals surface area contributed by atoms with Crippen molar-refractivity contribution in [2.24, 2.45) is 0 Å². The van der Waals surface area contributed by atoms with Gasteiger partial charge in [-0.15, -0.1) is 0 Å². The summed E-state index contributed by atoms with van der Waals surface area (Å²) in [5.74, 6) is -1.53. The summed E-state index contributed by atoms with van der Waals surface area (Å²) in [4.78, 5) is 21.5. The summed E-state index contributed by atoms with van der Waals surface area (Å²) >= 11 is 0. The maximum atomic E-state index is 13.4. The van der Waals surface area contributed by atoms with E-state index in [9.17, 15) is 14.0 Å². The van der Waals surface area contributed by atoms with Gasteiger partial charge >= 0.3 is 5.97 Å². The van der Waals surface area contributed by atoms with Crippen LogP contribution in [0.5, 0.6) is 0 Å². The number of carbonyl (C=O) groups is 2. The van der Waals surface area contributed by atoms with Gasteiger partial charge in [0.2, 0.25) is 5.91 Å². The number of halogens is 1. The molecular weight excluding hydrogens is 237 g/mol. The number of hydrogen-bond donors (Lipinski definition) is 2. The first-order valence-electron chi connectivity index (χ1n) is 5.68. The minimum absolute atomic E-state index is 0.0515. The molecule has 18 heavy (non-hydrogen) atoms. The van der Waals surface area contributed by atoms with Crippen LogP contribution in [0.2, 0.25) is 0 Å². The Labute approximate surface area is 105 Å². The van der Waals surface area contributed by atoms with E-state index in [2.05, 4.69) is 5.32 Å². The van der Waals surface area contributed by atoms with E-state index in [4.69, 9.17) is 5.11 Å². The van der Waals surface area contributed by atoms with E-state index < -0.39 is 5.97 Å². The van der Waals surface area contributed by atoms with E-state index in [0.29, 0.717) is 24.1 Å². The van der Waals surface area contributed by atoms with E-state index >= 15 is 0 Å². The molecule has 1 aromatic carbocycles. The zero-order valence-electron chi connectivity index (χ0n) is 10.4. The number of rotatable bonds is 5. The van der Waals surface area contributed by atoms with Crippen molar-refractivity contribution in [2.45, 2.75) is 33.1 Å². The van der Waals surface area contributed by atoms with E-state index in [1.54, 1.807) is 13.0 Å². The number of hydrogen-bond acceptors (Lipinski definition) is 2. The lowest BCUT2D eigenvalue weighted by Crippen LogP contribution is -2.09. The van der Waals surface area contributed by atoms with Gasteiger partial charge in [0.15, 0.2) is 0 Å². The highest BCUT2D eigenvalue weighted by Crippen LogP contribution is 2.22. The van der Waals surface area contributed by atoms with E-state index in [1.807, 2.05) is 0 Å². The molecule has 0 aromatic heterocycles. The van der Waals surface area contributed by atoms with Crippen molar-refractivity contribution in [3.8, 4) is 0 Å². The molecule has 0 aliphatic heterocycles. The minimum atomic E-state index is -0.866. The molecule has 1 aromatic rings. The number of amides is 1. The molecule has 0 atom stereocenters. The second-order valence-corrected chi connectivity index (χ2v) is 4.19. The number of carbonyl (C=O) groups excluding carboxylic acids is 1. The van der Waals surface area contributed by atoms with Crippen LogP contribution >= 0.6 is 0 Å². The molecule has 0 aliphatic rings. The number of nitrogens with one attached hydrogen (secondary N) is 1. The monoisotopic (exact) mass is 253 g/mol. The Kier molecular flexibility index (Phi) is 4.83. The highest BCUT2D eigenvalue weighted by atomic mass is 19.1. The number of anilines is 1. The van der Waals surface area contributed by atoms with Crippen LogP contribution in [0, 0.1) is 12.7 Å². The van der Waals surface area contributed by atoms with Crippen molar-refractivity contribution in [3.05, 3.63) is 29.1 Å². The Hall–Kier alpha value is -1.91. The molecule has 0 fully saturated rings. The molecule has 0 unspecified atom stereocenters. The molecule has 0 spiro atoms. The average molecular weight is 253 g/mol. The molecule has 2 N–H and O–H groups in total. The van der Waals surface area contributed by atoms with Gasteiger partial charge in [-0.05, 0) is 37.0 Å². The quantitative estimate of drug-likeness (QED) is 0.847. The Morgan fingerprint density at radius 1 is 1.39 bits per heavy atom. The second kappa shape index (κ2) is 6.14. The largest absolute Gasteiger partial charge is 0.481 e. The van der Waals surface area contributed by atoms with Crippen molar-refractivity contribution in [3.63, 3.8) is 0 Å². The third kappa shape index (κ3) is 4.16. The van der Waals surface area contributed by atoms with Crippen molar-refractivity contribution < 1.29 is 19.1 Å². The van der Waals surface area contributed by atoms with Gasteiger partial charge in [-0.2, -0.15) is 0 Å². The smallest absolute Gasteiger partial charge is 0.303 e. The lowest BCUT2D eigenvalue weighted by molar-refractivity contribution is -0.137. The van der Waals surface area contributed by atoms with Gasteiger partial charge < -0.3 is 10.4 Å². The molecular formula is C13H16FNO3. The van der Waals surface area contributed by atoms with Crippen LogP contribution in [0.4, 0.5) is 10.1 Å². The minimum Gasteiger partial charge on any atom is -0.481 e. The van der Waals surface area contributed by atoms with Gasteiger partial charge in [-0.3, -0.25) is 9.59 Å². The first kappa shape index (κ1) is 14.2. The standard InChI is InChI=1S/C13H16FNO3/c1-8-6-10(4-3-5-13(17)18)12(7-11(8)14)15-9(2)16/h6-7H,3-5H2,1-2H3,(H,15,16)(H,17,18). The maximum Gasteiger partial charge on any atom is 0.303 e. The number of aryl methyl sites for hydroxylation is 2. The fourth-order valence-electron chi connectivity index (χ4n) is 1.68. The van der Waals surface area contributed by atoms with Crippen LogP contribution in [0.15, 0.2) is 12.1 Å². The molecule has 1 rings (SSSR count). The summed E-state index contributed by atoms with van der Waals surface area (Å²) in [7, 11) is 0. The van der Waals surface area contributed by atoms with Crippen molar-refractivity contribution in [1.82, 2.24) is 0 Å². The van der Waals surface area contributed by atoms with Crippen molar-refractivity contribution in [2.75, 3.05) is 5.32 Å². The third-order valence-corrected chi connectivity index (χ3v) is 2.53. The predicted molar refractivity (Wildman–Crippen MR) is 66.0 cm³/mol. The van der Waals surface area contributed by atoms with Crippen LogP contribution in [-0.2, 0) is 16.0 Å². The summed E-state index contributed by atoms with van der Waals surface area (Å²) in [6, 6.07) is 2.91. The summed E-state index contributed by atoms with van der Waals surface area (Å²) in [5.41, 5.74) is 1.65. The van der Waals surface area contributed by atoms with E-state index in [-0.39, 0.29) is 18.1 Å². The van der Waals surface area contributed by atoms with Gasteiger partial charge in [-0.25, -0.2) is 4.39 Å². The number of carboxylic acid groups (broad SMARTS) is 1. The molecule has 0 radical (unpaired) electrons. The normalized spacial score (nSPS) is 10.2. The van der Waals surface area contributed by atoms with Crippen LogP contribution in [0.1, 0.15) is 30.9 Å². The molecule has 1 amide bonds.